The average molecular weight is 312 g/mol. The maximum absolute atomic E-state index is 9.14. The molecule has 0 aliphatic carbocycles. The van der Waals surface area contributed by atoms with Crippen LogP contribution in [0.5, 0.6) is 0 Å². The van der Waals surface area contributed by atoms with Crippen molar-refractivity contribution in [3.05, 3.63) is 47.8 Å². The molecule has 3 rings (SSSR count). The molecule has 0 amide bonds. The van der Waals surface area contributed by atoms with Gasteiger partial charge in [-0.1, -0.05) is 38.1 Å². The molecule has 2 aromatic heterocycles. The molecule has 5 nitrogen and oxygen atoms in total. The summed E-state index contributed by atoms with van der Waals surface area (Å²) in [7, 11) is 0. The molecule has 3 aromatic rings. The summed E-state index contributed by atoms with van der Waals surface area (Å²) in [5.41, 5.74) is 4.55. The SMILES string of the molecule is CC(C)(C)c1cc(Cn2nnc3ccccc32)n(CCCO)c1. The van der Waals surface area contributed by atoms with Gasteiger partial charge in [0.2, 0.25) is 0 Å². The number of aliphatic hydroxyl groups is 1. The molecule has 23 heavy (non-hydrogen) atoms. The zero-order valence-electron chi connectivity index (χ0n) is 14.0. The number of rotatable bonds is 5. The van der Waals surface area contributed by atoms with Gasteiger partial charge < -0.3 is 9.67 Å². The molecule has 0 atom stereocenters. The number of aromatic nitrogens is 4. The Bertz CT molecular complexity index is 795. The van der Waals surface area contributed by atoms with Crippen LogP contribution in [0.3, 0.4) is 0 Å². The Kier molecular flexibility index (Phi) is 4.22. The lowest BCUT2D eigenvalue weighted by Crippen LogP contribution is -2.10. The lowest BCUT2D eigenvalue weighted by atomic mass is 9.89. The minimum atomic E-state index is 0.101. The topological polar surface area (TPSA) is 55.9 Å². The lowest BCUT2D eigenvalue weighted by Gasteiger charge is -2.15. The number of aryl methyl sites for hydroxylation is 1. The number of fused-ring (bicyclic) bond motifs is 1. The Balaban J connectivity index is 1.96. The van der Waals surface area contributed by atoms with Crippen molar-refractivity contribution in [3.63, 3.8) is 0 Å². The van der Waals surface area contributed by atoms with E-state index < -0.39 is 0 Å². The highest BCUT2D eigenvalue weighted by Gasteiger charge is 2.18. The molecule has 0 radical (unpaired) electrons. The normalized spacial score (nSPS) is 12.2. The van der Waals surface area contributed by atoms with Crippen LogP contribution >= 0.6 is 0 Å². The second-order valence-electron chi connectivity index (χ2n) is 6.98. The summed E-state index contributed by atoms with van der Waals surface area (Å²) in [5.74, 6) is 0. The van der Waals surface area contributed by atoms with Crippen molar-refractivity contribution in [1.29, 1.82) is 0 Å². The molecule has 5 heteroatoms. The van der Waals surface area contributed by atoms with Crippen LogP contribution in [0.4, 0.5) is 0 Å². The first kappa shape index (κ1) is 15.7. The predicted octanol–water partition coefficient (Wildman–Crippen LogP) is 2.96. The van der Waals surface area contributed by atoms with Crippen LogP contribution in [-0.2, 0) is 18.5 Å². The number of hydrogen-bond acceptors (Lipinski definition) is 3. The Morgan fingerprint density at radius 3 is 2.70 bits per heavy atom. The zero-order valence-corrected chi connectivity index (χ0v) is 14.0. The summed E-state index contributed by atoms with van der Waals surface area (Å²) in [6.07, 6.45) is 2.95. The third kappa shape index (κ3) is 3.29. The quantitative estimate of drug-likeness (QED) is 0.788. The zero-order chi connectivity index (χ0) is 16.4. The van der Waals surface area contributed by atoms with Gasteiger partial charge in [0, 0.05) is 25.0 Å². The number of aliphatic hydroxyl groups excluding tert-OH is 1. The fourth-order valence-electron chi connectivity index (χ4n) is 2.73. The van der Waals surface area contributed by atoms with Gasteiger partial charge in [-0.05, 0) is 35.6 Å². The van der Waals surface area contributed by atoms with Crippen LogP contribution in [0.25, 0.3) is 11.0 Å². The van der Waals surface area contributed by atoms with Gasteiger partial charge in [-0.2, -0.15) is 0 Å². The van der Waals surface area contributed by atoms with Crippen LogP contribution in [0, 0.1) is 0 Å². The van der Waals surface area contributed by atoms with Gasteiger partial charge in [0.25, 0.3) is 0 Å². The number of para-hydroxylation sites is 1. The van der Waals surface area contributed by atoms with Crippen molar-refractivity contribution in [3.8, 4) is 0 Å². The van der Waals surface area contributed by atoms with E-state index in [2.05, 4.69) is 47.9 Å². The van der Waals surface area contributed by atoms with Crippen LogP contribution in [0.15, 0.2) is 36.5 Å². The van der Waals surface area contributed by atoms with Crippen LogP contribution in [-0.4, -0.2) is 31.3 Å². The predicted molar refractivity (Wildman–Crippen MR) is 91.5 cm³/mol. The van der Waals surface area contributed by atoms with E-state index in [-0.39, 0.29) is 12.0 Å². The fraction of sp³-hybridized carbons (Fsp3) is 0.444. The standard InChI is InChI=1S/C18H24N4O/c1-18(2,3)14-11-15(21(12-14)9-6-10-23)13-22-17-8-5-4-7-16(17)19-20-22/h4-5,7-8,11-12,23H,6,9-10,13H2,1-3H3. The second-order valence-corrected chi connectivity index (χ2v) is 6.98. The minimum absolute atomic E-state index is 0.101. The average Bonchev–Trinajstić information content (AvgIpc) is 3.10. The Morgan fingerprint density at radius 1 is 1.17 bits per heavy atom. The molecule has 122 valence electrons. The van der Waals surface area contributed by atoms with Gasteiger partial charge in [-0.3, -0.25) is 0 Å². The molecule has 1 N–H and O–H groups in total. The van der Waals surface area contributed by atoms with Crippen molar-refractivity contribution >= 4 is 11.0 Å². The van der Waals surface area contributed by atoms with E-state index >= 15 is 0 Å². The third-order valence-electron chi connectivity index (χ3n) is 4.14. The van der Waals surface area contributed by atoms with Crippen molar-refractivity contribution in [1.82, 2.24) is 19.6 Å². The maximum atomic E-state index is 9.14. The third-order valence-corrected chi connectivity index (χ3v) is 4.14. The van der Waals surface area contributed by atoms with Crippen molar-refractivity contribution < 1.29 is 5.11 Å². The smallest absolute Gasteiger partial charge is 0.113 e. The van der Waals surface area contributed by atoms with Crippen LogP contribution in [0.1, 0.15) is 38.4 Å². The molecule has 0 bridgehead atoms. The Labute approximate surface area is 136 Å². The molecule has 2 heterocycles. The highest BCUT2D eigenvalue weighted by atomic mass is 16.3. The van der Waals surface area contributed by atoms with Crippen molar-refractivity contribution in [2.24, 2.45) is 0 Å². The number of benzene rings is 1. The summed E-state index contributed by atoms with van der Waals surface area (Å²) < 4.78 is 4.17. The summed E-state index contributed by atoms with van der Waals surface area (Å²) in [5, 5.41) is 17.7. The first-order valence-electron chi connectivity index (χ1n) is 8.07. The Morgan fingerprint density at radius 2 is 1.96 bits per heavy atom. The lowest BCUT2D eigenvalue weighted by molar-refractivity contribution is 0.279. The molecule has 0 aliphatic rings. The van der Waals surface area contributed by atoms with Crippen molar-refractivity contribution in [2.45, 2.75) is 45.7 Å². The van der Waals surface area contributed by atoms with E-state index in [4.69, 9.17) is 5.11 Å². The summed E-state index contributed by atoms with van der Waals surface area (Å²) in [6.45, 7) is 8.35. The van der Waals surface area contributed by atoms with E-state index in [9.17, 15) is 0 Å². The molecule has 0 saturated heterocycles. The first-order valence-corrected chi connectivity index (χ1v) is 8.07. The molecule has 0 fully saturated rings. The fourth-order valence-corrected chi connectivity index (χ4v) is 2.73. The van der Waals surface area contributed by atoms with E-state index in [0.29, 0.717) is 6.54 Å². The summed E-state index contributed by atoms with van der Waals surface area (Å²) in [6, 6.07) is 10.2. The summed E-state index contributed by atoms with van der Waals surface area (Å²) >= 11 is 0. The van der Waals surface area contributed by atoms with Crippen molar-refractivity contribution in [2.75, 3.05) is 6.61 Å². The largest absolute Gasteiger partial charge is 0.396 e. The van der Waals surface area contributed by atoms with Gasteiger partial charge in [0.1, 0.15) is 5.52 Å². The van der Waals surface area contributed by atoms with Gasteiger partial charge in [0.05, 0.1) is 12.1 Å². The molecule has 0 saturated carbocycles. The van der Waals surface area contributed by atoms with Gasteiger partial charge in [-0.15, -0.1) is 5.10 Å². The molecule has 0 spiro atoms. The molecule has 1 aromatic carbocycles. The monoisotopic (exact) mass is 312 g/mol. The van der Waals surface area contributed by atoms with E-state index in [1.807, 2.05) is 28.9 Å². The molecular weight excluding hydrogens is 288 g/mol. The highest BCUT2D eigenvalue weighted by molar-refractivity contribution is 5.73. The summed E-state index contributed by atoms with van der Waals surface area (Å²) in [4.78, 5) is 0. The highest BCUT2D eigenvalue weighted by Crippen LogP contribution is 2.25. The minimum Gasteiger partial charge on any atom is -0.396 e. The molecule has 0 aliphatic heterocycles. The van der Waals surface area contributed by atoms with Crippen LogP contribution in [0.2, 0.25) is 0 Å². The van der Waals surface area contributed by atoms with E-state index in [0.717, 1.165) is 24.0 Å². The molecular formula is C18H24N4O. The second kappa shape index (κ2) is 6.16. The van der Waals surface area contributed by atoms with E-state index in [1.54, 1.807) is 0 Å². The Hall–Kier alpha value is -2.14. The van der Waals surface area contributed by atoms with Gasteiger partial charge in [0.15, 0.2) is 0 Å². The number of hydrogen-bond donors (Lipinski definition) is 1. The maximum Gasteiger partial charge on any atom is 0.113 e. The van der Waals surface area contributed by atoms with E-state index in [1.165, 1.54) is 11.3 Å². The molecule has 0 unspecified atom stereocenters. The van der Waals surface area contributed by atoms with Gasteiger partial charge >= 0.3 is 0 Å². The first-order chi connectivity index (χ1) is 11.0. The van der Waals surface area contributed by atoms with Gasteiger partial charge in [-0.25, -0.2) is 4.68 Å². The number of nitrogens with zero attached hydrogens (tertiary/aromatic N) is 4. The van der Waals surface area contributed by atoms with Crippen LogP contribution < -0.4 is 0 Å².